The summed E-state index contributed by atoms with van der Waals surface area (Å²) in [6.07, 6.45) is 3.00. The largest absolute Gasteiger partial charge is 0.398 e. The third-order valence-electron chi connectivity index (χ3n) is 5.13. The van der Waals surface area contributed by atoms with Crippen LogP contribution in [0.2, 0.25) is 0 Å². The van der Waals surface area contributed by atoms with Crippen molar-refractivity contribution in [1.29, 1.82) is 5.26 Å². The molecule has 142 valence electrons. The van der Waals surface area contributed by atoms with E-state index in [9.17, 15) is 10.1 Å². The summed E-state index contributed by atoms with van der Waals surface area (Å²) in [5.41, 5.74) is 8.64. The van der Waals surface area contributed by atoms with Crippen LogP contribution in [0, 0.1) is 22.7 Å². The van der Waals surface area contributed by atoms with Crippen molar-refractivity contribution in [3.05, 3.63) is 40.3 Å². The van der Waals surface area contributed by atoms with Crippen LogP contribution >= 0.6 is 23.1 Å². The molecule has 1 aromatic carbocycles. The zero-order valence-electron chi connectivity index (χ0n) is 16.0. The van der Waals surface area contributed by atoms with E-state index < -0.39 is 0 Å². The molecule has 0 saturated heterocycles. The molecule has 0 bridgehead atoms. The Hall–Kier alpha value is -1.97. The van der Waals surface area contributed by atoms with Crippen LogP contribution < -0.4 is 11.1 Å². The zero-order valence-corrected chi connectivity index (χ0v) is 17.6. The summed E-state index contributed by atoms with van der Waals surface area (Å²) in [6, 6.07) is 9.83. The molecule has 0 aliphatic heterocycles. The fourth-order valence-corrected chi connectivity index (χ4v) is 5.51. The summed E-state index contributed by atoms with van der Waals surface area (Å²) < 4.78 is 0. The molecule has 6 heteroatoms. The smallest absolute Gasteiger partial charge is 0.235 e. The predicted octanol–water partition coefficient (Wildman–Crippen LogP) is 5.08. The second kappa shape index (κ2) is 7.95. The summed E-state index contributed by atoms with van der Waals surface area (Å²) >= 11 is 2.98. The molecule has 2 aromatic rings. The Labute approximate surface area is 169 Å². The molecule has 0 saturated carbocycles. The van der Waals surface area contributed by atoms with Gasteiger partial charge in [-0.05, 0) is 48.3 Å². The highest BCUT2D eigenvalue weighted by molar-refractivity contribution is 8.00. The summed E-state index contributed by atoms with van der Waals surface area (Å²) in [7, 11) is 0. The molecule has 0 spiro atoms. The van der Waals surface area contributed by atoms with E-state index in [1.807, 2.05) is 24.3 Å². The molecule has 0 fully saturated rings. The van der Waals surface area contributed by atoms with E-state index in [0.717, 1.165) is 29.7 Å². The number of anilines is 2. The number of nitrogens with two attached hydrogens (primary N) is 1. The number of thioether (sulfide) groups is 1. The van der Waals surface area contributed by atoms with Gasteiger partial charge in [-0.2, -0.15) is 5.26 Å². The lowest BCUT2D eigenvalue weighted by Gasteiger charge is -2.33. The molecule has 0 unspecified atom stereocenters. The second-order valence-electron chi connectivity index (χ2n) is 8.00. The Morgan fingerprint density at radius 2 is 2.15 bits per heavy atom. The molecule has 1 aliphatic rings. The maximum atomic E-state index is 12.4. The molecule has 1 aromatic heterocycles. The minimum absolute atomic E-state index is 0.106. The molecular formula is C21H25N3OS2. The highest BCUT2D eigenvalue weighted by atomic mass is 32.2. The molecule has 0 radical (unpaired) electrons. The summed E-state index contributed by atoms with van der Waals surface area (Å²) in [6.45, 7) is 6.82. The Balaban J connectivity index is 1.71. The van der Waals surface area contributed by atoms with Crippen molar-refractivity contribution in [2.45, 2.75) is 44.9 Å². The number of amides is 1. The number of fused-ring (bicyclic) bond motifs is 1. The van der Waals surface area contributed by atoms with Crippen LogP contribution in [0.25, 0.3) is 0 Å². The SMILES string of the molecule is CC(C)(C)[C@@H]1CCc2c(sc(NC(=O)CSc3ccccc3N)c2C#N)C1. The number of benzene rings is 1. The number of nitriles is 1. The summed E-state index contributed by atoms with van der Waals surface area (Å²) in [4.78, 5) is 14.6. The lowest BCUT2D eigenvalue weighted by molar-refractivity contribution is -0.113. The van der Waals surface area contributed by atoms with Gasteiger partial charge in [0.1, 0.15) is 11.1 Å². The van der Waals surface area contributed by atoms with Gasteiger partial charge in [0.25, 0.3) is 0 Å². The van der Waals surface area contributed by atoms with Crippen LogP contribution in [0.3, 0.4) is 0 Å². The van der Waals surface area contributed by atoms with E-state index in [1.54, 1.807) is 11.3 Å². The van der Waals surface area contributed by atoms with Crippen LogP contribution in [-0.4, -0.2) is 11.7 Å². The number of hydrogen-bond donors (Lipinski definition) is 2. The van der Waals surface area contributed by atoms with Gasteiger partial charge in [-0.25, -0.2) is 0 Å². The minimum atomic E-state index is -0.106. The molecule has 1 atom stereocenters. The molecule has 27 heavy (non-hydrogen) atoms. The standard InChI is InChI=1S/C21H25N3OS2/c1-21(2,3)13-8-9-14-15(11-22)20(27-18(14)10-13)24-19(25)12-26-17-7-5-4-6-16(17)23/h4-7,13H,8-10,12,23H2,1-3H3,(H,24,25)/t13-/m1/s1. The highest BCUT2D eigenvalue weighted by Crippen LogP contribution is 2.44. The van der Waals surface area contributed by atoms with Gasteiger partial charge in [0.2, 0.25) is 5.91 Å². The lowest BCUT2D eigenvalue weighted by Crippen LogP contribution is -2.26. The Morgan fingerprint density at radius 1 is 1.41 bits per heavy atom. The first kappa shape index (κ1) is 19.8. The molecule has 1 aliphatic carbocycles. The first-order valence-corrected chi connectivity index (χ1v) is 10.9. The molecule has 1 amide bonds. The normalized spacial score (nSPS) is 16.4. The number of carbonyl (C=O) groups is 1. The average molecular weight is 400 g/mol. The molecular weight excluding hydrogens is 374 g/mol. The first-order valence-electron chi connectivity index (χ1n) is 9.11. The van der Waals surface area contributed by atoms with Crippen molar-refractivity contribution in [3.63, 3.8) is 0 Å². The number of nitrogens with one attached hydrogen (secondary N) is 1. The second-order valence-corrected chi connectivity index (χ2v) is 10.1. The number of carbonyl (C=O) groups excluding carboxylic acids is 1. The van der Waals surface area contributed by atoms with Crippen molar-refractivity contribution in [3.8, 4) is 6.07 Å². The van der Waals surface area contributed by atoms with Crippen LogP contribution in [0.5, 0.6) is 0 Å². The van der Waals surface area contributed by atoms with E-state index >= 15 is 0 Å². The van der Waals surface area contributed by atoms with E-state index in [1.165, 1.54) is 16.6 Å². The van der Waals surface area contributed by atoms with Crippen molar-refractivity contribution in [1.82, 2.24) is 0 Å². The van der Waals surface area contributed by atoms with Gasteiger partial charge in [-0.15, -0.1) is 23.1 Å². The van der Waals surface area contributed by atoms with Gasteiger partial charge in [0, 0.05) is 15.5 Å². The van der Waals surface area contributed by atoms with Crippen LogP contribution in [-0.2, 0) is 17.6 Å². The van der Waals surface area contributed by atoms with Crippen LogP contribution in [0.4, 0.5) is 10.7 Å². The van der Waals surface area contributed by atoms with Crippen molar-refractivity contribution in [2.75, 3.05) is 16.8 Å². The summed E-state index contributed by atoms with van der Waals surface area (Å²) in [5.74, 6) is 0.771. The molecule has 1 heterocycles. The van der Waals surface area contributed by atoms with E-state index in [2.05, 4.69) is 32.2 Å². The average Bonchev–Trinajstić information content (AvgIpc) is 2.96. The van der Waals surface area contributed by atoms with Gasteiger partial charge in [0.15, 0.2) is 0 Å². The monoisotopic (exact) mass is 399 g/mol. The van der Waals surface area contributed by atoms with Crippen LogP contribution in [0.15, 0.2) is 29.2 Å². The lowest BCUT2D eigenvalue weighted by atomic mass is 9.72. The number of thiophene rings is 1. The topological polar surface area (TPSA) is 78.9 Å². The zero-order chi connectivity index (χ0) is 19.6. The van der Waals surface area contributed by atoms with E-state index in [4.69, 9.17) is 5.73 Å². The third-order valence-corrected chi connectivity index (χ3v) is 7.39. The molecule has 3 N–H and O–H groups in total. The quantitative estimate of drug-likeness (QED) is 0.555. The van der Waals surface area contributed by atoms with Gasteiger partial charge in [-0.1, -0.05) is 32.9 Å². The van der Waals surface area contributed by atoms with Crippen LogP contribution in [0.1, 0.15) is 43.2 Å². The number of rotatable bonds is 4. The van der Waals surface area contributed by atoms with Gasteiger partial charge in [0.05, 0.1) is 11.3 Å². The van der Waals surface area contributed by atoms with Gasteiger partial charge < -0.3 is 11.1 Å². The van der Waals surface area contributed by atoms with Crippen molar-refractivity contribution < 1.29 is 4.79 Å². The Morgan fingerprint density at radius 3 is 2.81 bits per heavy atom. The number of nitrogens with zero attached hydrogens (tertiary/aromatic N) is 1. The van der Waals surface area contributed by atoms with E-state index in [-0.39, 0.29) is 17.1 Å². The van der Waals surface area contributed by atoms with Crippen molar-refractivity contribution >= 4 is 39.7 Å². The fraction of sp³-hybridized carbons (Fsp3) is 0.429. The minimum Gasteiger partial charge on any atom is -0.398 e. The maximum Gasteiger partial charge on any atom is 0.235 e. The molecule has 4 nitrogen and oxygen atoms in total. The number of nitrogen functional groups attached to an aromatic ring is 1. The van der Waals surface area contributed by atoms with Gasteiger partial charge >= 0.3 is 0 Å². The number of hydrogen-bond acceptors (Lipinski definition) is 5. The fourth-order valence-electron chi connectivity index (χ4n) is 3.45. The third kappa shape index (κ3) is 4.48. The number of para-hydroxylation sites is 1. The summed E-state index contributed by atoms with van der Waals surface area (Å²) in [5, 5.41) is 13.3. The Bertz CT molecular complexity index is 890. The van der Waals surface area contributed by atoms with Crippen molar-refractivity contribution in [2.24, 2.45) is 11.3 Å². The Kier molecular flexibility index (Phi) is 5.83. The van der Waals surface area contributed by atoms with E-state index in [0.29, 0.717) is 22.2 Å². The maximum absolute atomic E-state index is 12.4. The first-order chi connectivity index (χ1) is 12.8. The van der Waals surface area contributed by atoms with Gasteiger partial charge in [-0.3, -0.25) is 4.79 Å². The highest BCUT2D eigenvalue weighted by Gasteiger charge is 2.32. The molecule has 3 rings (SSSR count). The predicted molar refractivity (Wildman–Crippen MR) is 114 cm³/mol.